The monoisotopic (exact) mass is 568 g/mol. The Kier molecular flexibility index (Phi) is 10.5. The summed E-state index contributed by atoms with van der Waals surface area (Å²) in [6.45, 7) is 2.11. The Balaban J connectivity index is 1.24. The van der Waals surface area contributed by atoms with Gasteiger partial charge in [0.2, 0.25) is 5.91 Å². The average Bonchev–Trinajstić information content (AvgIpc) is 2.97. The lowest BCUT2D eigenvalue weighted by atomic mass is 10.1. The zero-order chi connectivity index (χ0) is 29.1. The fourth-order valence-corrected chi connectivity index (χ4v) is 4.18. The number of carbonyl (C=O) groups excluding carboxylic acids is 1. The highest BCUT2D eigenvalue weighted by molar-refractivity contribution is 5.96. The Labute approximate surface area is 237 Å². The number of alkyl halides is 3. The van der Waals surface area contributed by atoms with Gasteiger partial charge in [0.15, 0.2) is 0 Å². The van der Waals surface area contributed by atoms with E-state index in [2.05, 4.69) is 17.3 Å². The maximum absolute atomic E-state index is 12.7. The van der Waals surface area contributed by atoms with E-state index in [0.29, 0.717) is 49.8 Å². The van der Waals surface area contributed by atoms with E-state index >= 15 is 0 Å². The first-order valence-corrected chi connectivity index (χ1v) is 13.1. The van der Waals surface area contributed by atoms with E-state index in [4.69, 9.17) is 18.9 Å². The molecule has 1 atom stereocenters. The van der Waals surface area contributed by atoms with E-state index < -0.39 is 17.8 Å². The quantitative estimate of drug-likeness (QED) is 0.254. The highest BCUT2D eigenvalue weighted by Crippen LogP contribution is 2.29. The number of hydrogen-bond donors (Lipinski definition) is 1. The minimum atomic E-state index is -4.39. The number of ether oxygens (including phenoxy) is 4. The van der Waals surface area contributed by atoms with Gasteiger partial charge < -0.3 is 24.3 Å². The zero-order valence-corrected chi connectivity index (χ0v) is 22.6. The van der Waals surface area contributed by atoms with Crippen LogP contribution in [0.1, 0.15) is 23.1 Å². The van der Waals surface area contributed by atoms with Crippen molar-refractivity contribution in [3.8, 4) is 23.5 Å². The maximum atomic E-state index is 12.7. The van der Waals surface area contributed by atoms with Crippen LogP contribution in [0.4, 0.5) is 18.9 Å². The molecule has 1 N–H and O–H groups in total. The molecule has 1 aliphatic heterocycles. The third kappa shape index (κ3) is 8.64. The van der Waals surface area contributed by atoms with Gasteiger partial charge >= 0.3 is 6.18 Å². The first-order valence-electron chi connectivity index (χ1n) is 13.1. The molecule has 216 valence electrons. The largest absolute Gasteiger partial charge is 0.496 e. The van der Waals surface area contributed by atoms with Gasteiger partial charge in [0.1, 0.15) is 30.3 Å². The molecular formula is C31H31F3N2O5. The van der Waals surface area contributed by atoms with Crippen LogP contribution >= 0.6 is 0 Å². The smallest absolute Gasteiger partial charge is 0.416 e. The van der Waals surface area contributed by atoms with Crippen molar-refractivity contribution in [3.05, 3.63) is 89.5 Å². The van der Waals surface area contributed by atoms with E-state index in [1.807, 2.05) is 24.3 Å². The molecule has 1 amide bonds. The number of amides is 1. The van der Waals surface area contributed by atoms with E-state index in [9.17, 15) is 18.0 Å². The Morgan fingerprint density at radius 2 is 1.73 bits per heavy atom. The molecule has 1 aliphatic rings. The van der Waals surface area contributed by atoms with E-state index in [-0.39, 0.29) is 19.1 Å². The fourth-order valence-electron chi connectivity index (χ4n) is 4.18. The van der Waals surface area contributed by atoms with Crippen LogP contribution in [0.5, 0.6) is 11.5 Å². The number of carbonyl (C=O) groups is 1. The van der Waals surface area contributed by atoms with Crippen LogP contribution in [0, 0.1) is 12.0 Å². The molecule has 10 heteroatoms. The molecule has 1 fully saturated rings. The van der Waals surface area contributed by atoms with Gasteiger partial charge in [-0.25, -0.2) is 0 Å². The number of para-hydroxylation sites is 1. The third-order valence-corrected chi connectivity index (χ3v) is 6.28. The summed E-state index contributed by atoms with van der Waals surface area (Å²) >= 11 is 0. The van der Waals surface area contributed by atoms with Crippen LogP contribution in [0.3, 0.4) is 0 Å². The second kappa shape index (κ2) is 14.4. The van der Waals surface area contributed by atoms with Gasteiger partial charge in [0.05, 0.1) is 39.0 Å². The minimum absolute atomic E-state index is 0.0246. The topological polar surface area (TPSA) is 69.3 Å². The second-order valence-electron chi connectivity index (χ2n) is 9.20. The molecule has 0 saturated carbocycles. The Morgan fingerprint density at radius 3 is 2.46 bits per heavy atom. The number of nitrogens with one attached hydrogen (secondary N) is 1. The standard InChI is InChI=1S/C31H31F3N2O5/c1-38-29-6-3-2-5-24(29)22-39-16-4-17-41-28-13-11-26(12-14-28)36-27(19-35-20-30(36)37)15-18-40-21-23-7-9-25(10-8-23)31(32,33)34/h2-3,5-14,27,35H,4,16-17,19-22H2,1H3/t27-/m0/s1. The second-order valence-corrected chi connectivity index (χ2v) is 9.20. The highest BCUT2D eigenvalue weighted by atomic mass is 19.4. The highest BCUT2D eigenvalue weighted by Gasteiger charge is 2.30. The summed E-state index contributed by atoms with van der Waals surface area (Å²) in [5.41, 5.74) is 1.50. The first-order chi connectivity index (χ1) is 19.8. The Hall–Kier alpha value is -4.20. The summed E-state index contributed by atoms with van der Waals surface area (Å²) in [4.78, 5) is 14.3. The molecule has 1 heterocycles. The zero-order valence-electron chi connectivity index (χ0n) is 22.6. The first kappa shape index (κ1) is 29.8. The third-order valence-electron chi connectivity index (χ3n) is 6.28. The lowest BCUT2D eigenvalue weighted by Crippen LogP contribution is -2.54. The van der Waals surface area contributed by atoms with Gasteiger partial charge in [0.25, 0.3) is 0 Å². The summed E-state index contributed by atoms with van der Waals surface area (Å²) < 4.78 is 60.4. The van der Waals surface area contributed by atoms with Crippen molar-refractivity contribution in [2.45, 2.75) is 31.9 Å². The van der Waals surface area contributed by atoms with E-state index in [0.717, 1.165) is 23.4 Å². The van der Waals surface area contributed by atoms with Crippen LogP contribution < -0.4 is 19.7 Å². The predicted molar refractivity (Wildman–Crippen MR) is 147 cm³/mol. The molecule has 1 saturated heterocycles. The van der Waals surface area contributed by atoms with Gasteiger partial charge in [-0.1, -0.05) is 30.3 Å². The molecular weight excluding hydrogens is 537 g/mol. The van der Waals surface area contributed by atoms with Gasteiger partial charge in [-0.05, 0) is 53.9 Å². The molecule has 7 nitrogen and oxygen atoms in total. The van der Waals surface area contributed by atoms with Crippen LogP contribution in [-0.2, 0) is 33.7 Å². The van der Waals surface area contributed by atoms with Gasteiger partial charge in [-0.15, -0.1) is 0 Å². The molecule has 0 bridgehead atoms. The number of nitrogens with zero attached hydrogens (tertiary/aromatic N) is 1. The number of hydrogen-bond acceptors (Lipinski definition) is 6. The number of piperazine rings is 1. The number of anilines is 1. The van der Waals surface area contributed by atoms with Gasteiger partial charge in [-0.3, -0.25) is 9.69 Å². The number of halogens is 3. The molecule has 0 spiro atoms. The van der Waals surface area contributed by atoms with Crippen LogP contribution in [0.25, 0.3) is 0 Å². The molecule has 4 rings (SSSR count). The van der Waals surface area contributed by atoms with E-state index in [1.165, 1.54) is 12.1 Å². The fraction of sp³-hybridized carbons (Fsp3) is 0.323. The van der Waals surface area contributed by atoms with Crippen molar-refractivity contribution in [2.75, 3.05) is 38.3 Å². The molecule has 3 aromatic carbocycles. The van der Waals surface area contributed by atoms with Crippen molar-refractivity contribution >= 4 is 11.6 Å². The van der Waals surface area contributed by atoms with E-state index in [1.54, 1.807) is 36.3 Å². The average molecular weight is 569 g/mol. The van der Waals surface area contributed by atoms with Crippen molar-refractivity contribution in [1.29, 1.82) is 0 Å². The van der Waals surface area contributed by atoms with Gasteiger partial charge in [-0.2, -0.15) is 13.2 Å². The summed E-state index contributed by atoms with van der Waals surface area (Å²) in [7, 11) is 1.63. The van der Waals surface area contributed by atoms with Crippen molar-refractivity contribution in [3.63, 3.8) is 0 Å². The summed E-state index contributed by atoms with van der Waals surface area (Å²) in [5.74, 6) is 4.26. The molecule has 41 heavy (non-hydrogen) atoms. The number of rotatable bonds is 11. The lowest BCUT2D eigenvalue weighted by molar-refractivity contribution is -0.137. The summed E-state index contributed by atoms with van der Waals surface area (Å²) in [6.07, 6.45) is -1.09. The number of benzene rings is 3. The van der Waals surface area contributed by atoms with Gasteiger partial charge in [0, 0.05) is 24.2 Å². The SMILES string of the molecule is COc1ccccc1COCCCOc1ccc(N2C(=O)CNC[C@@H]2C#COCc2ccc(C(F)(F)F)cc2)cc1. The van der Waals surface area contributed by atoms with Crippen molar-refractivity contribution < 1.29 is 36.9 Å². The van der Waals surface area contributed by atoms with Crippen LogP contribution in [-0.4, -0.2) is 45.4 Å². The lowest BCUT2D eigenvalue weighted by Gasteiger charge is -2.33. The molecule has 0 aliphatic carbocycles. The molecule has 0 unspecified atom stereocenters. The van der Waals surface area contributed by atoms with Crippen LogP contribution in [0.2, 0.25) is 0 Å². The Morgan fingerprint density at radius 1 is 0.976 bits per heavy atom. The maximum Gasteiger partial charge on any atom is 0.416 e. The van der Waals surface area contributed by atoms with Crippen LogP contribution in [0.15, 0.2) is 72.8 Å². The molecule has 0 aromatic heterocycles. The predicted octanol–water partition coefficient (Wildman–Crippen LogP) is 5.18. The molecule has 3 aromatic rings. The molecule has 0 radical (unpaired) electrons. The Bertz CT molecular complexity index is 1330. The minimum Gasteiger partial charge on any atom is -0.496 e. The summed E-state index contributed by atoms with van der Waals surface area (Å²) in [6, 6.07) is 19.1. The summed E-state index contributed by atoms with van der Waals surface area (Å²) in [5, 5.41) is 3.04. The number of methoxy groups -OCH3 is 1. The van der Waals surface area contributed by atoms with Crippen molar-refractivity contribution in [1.82, 2.24) is 5.32 Å². The normalized spacial score (nSPS) is 15.2. The van der Waals surface area contributed by atoms with Crippen molar-refractivity contribution in [2.24, 2.45) is 0 Å².